The second kappa shape index (κ2) is 47.1. The van der Waals surface area contributed by atoms with E-state index in [1.54, 1.807) is 0 Å². The van der Waals surface area contributed by atoms with E-state index in [1.807, 2.05) is 0 Å². The number of carbonyl (C=O) groups is 1. The van der Waals surface area contributed by atoms with Crippen LogP contribution in [0.5, 0.6) is 0 Å². The van der Waals surface area contributed by atoms with E-state index in [0.717, 1.165) is 38.5 Å². The van der Waals surface area contributed by atoms with E-state index in [9.17, 15) is 25.2 Å². The third-order valence-corrected chi connectivity index (χ3v) is 12.5. The van der Waals surface area contributed by atoms with E-state index in [0.29, 0.717) is 12.8 Å². The van der Waals surface area contributed by atoms with Gasteiger partial charge >= 0.3 is 0 Å². The number of unbranched alkanes of at least 4 members (excludes halogenated alkanes) is 37. The van der Waals surface area contributed by atoms with Crippen molar-refractivity contribution >= 4 is 5.91 Å². The fraction of sp³-hybridized carbons (Fsp3) is 0.942. The molecule has 0 aliphatic carbocycles. The van der Waals surface area contributed by atoms with E-state index >= 15 is 0 Å². The molecule has 0 heterocycles. The van der Waals surface area contributed by atoms with Crippen LogP contribution in [-0.4, -0.2) is 57.3 Å². The number of carbonyl (C=O) groups excluding carboxylic acids is 1. The standard InChI is InChI=1S/C52H103NO5/c1-3-5-7-9-11-13-15-17-18-19-20-21-22-23-24-25-26-27-28-29-30-31-32-33-34-36-37-39-41-43-45-49(55)51(57)48(47-54)53-52(58)50(56)46-44-42-40-38-35-16-14-12-10-8-6-4-2/h37,39,48-51,54-57H,3-36,38,40-47H2,1-2H3,(H,53,58)/b39-37+. The quantitative estimate of drug-likeness (QED) is 0.0310. The Kier molecular flexibility index (Phi) is 46.3. The summed E-state index contributed by atoms with van der Waals surface area (Å²) in [6.07, 6.45) is 54.3. The highest BCUT2D eigenvalue weighted by Gasteiger charge is 2.28. The molecule has 0 bridgehead atoms. The van der Waals surface area contributed by atoms with Crippen molar-refractivity contribution in [2.45, 2.75) is 308 Å². The van der Waals surface area contributed by atoms with E-state index in [2.05, 4.69) is 31.3 Å². The summed E-state index contributed by atoms with van der Waals surface area (Å²) in [5.74, 6) is -0.591. The lowest BCUT2D eigenvalue weighted by atomic mass is 10.00. The number of nitrogens with one attached hydrogen (secondary N) is 1. The molecule has 346 valence electrons. The van der Waals surface area contributed by atoms with Gasteiger partial charge in [-0.05, 0) is 38.5 Å². The Morgan fingerprint density at radius 1 is 0.414 bits per heavy atom. The molecule has 0 aromatic carbocycles. The molecule has 0 saturated carbocycles. The molecular weight excluding hydrogens is 719 g/mol. The van der Waals surface area contributed by atoms with E-state index in [1.165, 1.54) is 218 Å². The van der Waals surface area contributed by atoms with Crippen LogP contribution >= 0.6 is 0 Å². The summed E-state index contributed by atoms with van der Waals surface area (Å²) in [7, 11) is 0. The second-order valence-electron chi connectivity index (χ2n) is 18.2. The van der Waals surface area contributed by atoms with Crippen molar-refractivity contribution in [1.29, 1.82) is 0 Å². The Bertz CT molecular complexity index is 837. The summed E-state index contributed by atoms with van der Waals surface area (Å²) in [6.45, 7) is 4.05. The summed E-state index contributed by atoms with van der Waals surface area (Å²) < 4.78 is 0. The summed E-state index contributed by atoms with van der Waals surface area (Å²) in [6, 6.07) is -0.997. The van der Waals surface area contributed by atoms with Crippen molar-refractivity contribution < 1.29 is 25.2 Å². The number of hydrogen-bond acceptors (Lipinski definition) is 5. The average Bonchev–Trinajstić information content (AvgIpc) is 3.23. The molecule has 0 fully saturated rings. The summed E-state index contributed by atoms with van der Waals surface area (Å²) in [5, 5.41) is 43.7. The molecule has 0 rings (SSSR count). The average molecular weight is 822 g/mol. The van der Waals surface area contributed by atoms with Gasteiger partial charge in [-0.15, -0.1) is 0 Å². The van der Waals surface area contributed by atoms with E-state index < -0.39 is 36.9 Å². The molecule has 0 aliphatic rings. The minimum atomic E-state index is -1.28. The summed E-state index contributed by atoms with van der Waals surface area (Å²) >= 11 is 0. The Hall–Kier alpha value is -0.950. The minimum absolute atomic E-state index is 0.367. The SMILES string of the molecule is CCCCCCCCCCCCCCCCCCCCCCCCCCC/C=C/CCCC(O)C(O)C(CO)NC(=O)C(O)CCCCCCCCCCCCCC. The molecule has 6 heteroatoms. The number of amides is 1. The minimum Gasteiger partial charge on any atom is -0.394 e. The first kappa shape index (κ1) is 57.1. The van der Waals surface area contributed by atoms with Gasteiger partial charge in [0.25, 0.3) is 0 Å². The fourth-order valence-electron chi connectivity index (χ4n) is 8.35. The molecule has 0 saturated heterocycles. The zero-order valence-electron chi connectivity index (χ0n) is 39.1. The molecule has 4 unspecified atom stereocenters. The highest BCUT2D eigenvalue weighted by molar-refractivity contribution is 5.80. The number of aliphatic hydroxyl groups excluding tert-OH is 4. The van der Waals surface area contributed by atoms with Crippen LogP contribution in [0.2, 0.25) is 0 Å². The van der Waals surface area contributed by atoms with Crippen molar-refractivity contribution in [3.8, 4) is 0 Å². The van der Waals surface area contributed by atoms with Crippen molar-refractivity contribution in [3.63, 3.8) is 0 Å². The van der Waals surface area contributed by atoms with Gasteiger partial charge < -0.3 is 25.7 Å². The number of allylic oxidation sites excluding steroid dienone is 2. The normalized spacial score (nSPS) is 14.0. The molecular formula is C52H103NO5. The van der Waals surface area contributed by atoms with Gasteiger partial charge in [-0.3, -0.25) is 4.79 Å². The van der Waals surface area contributed by atoms with Crippen LogP contribution < -0.4 is 5.32 Å². The van der Waals surface area contributed by atoms with E-state index in [-0.39, 0.29) is 0 Å². The van der Waals surface area contributed by atoms with Gasteiger partial charge in [0.15, 0.2) is 0 Å². The first-order valence-corrected chi connectivity index (χ1v) is 26.1. The number of hydrogen-bond donors (Lipinski definition) is 5. The lowest BCUT2D eigenvalue weighted by molar-refractivity contribution is -0.132. The predicted octanol–water partition coefficient (Wildman–Crippen LogP) is 14.5. The molecule has 0 aromatic rings. The topological polar surface area (TPSA) is 110 Å². The Labute approximate surface area is 362 Å². The molecule has 6 nitrogen and oxygen atoms in total. The van der Waals surface area contributed by atoms with Gasteiger partial charge in [-0.2, -0.15) is 0 Å². The van der Waals surface area contributed by atoms with Gasteiger partial charge in [-0.25, -0.2) is 0 Å². The van der Waals surface area contributed by atoms with Gasteiger partial charge in [0.05, 0.1) is 18.8 Å². The predicted molar refractivity (Wildman–Crippen MR) is 251 cm³/mol. The largest absolute Gasteiger partial charge is 0.394 e. The third-order valence-electron chi connectivity index (χ3n) is 12.5. The van der Waals surface area contributed by atoms with Gasteiger partial charge in [0.1, 0.15) is 12.2 Å². The van der Waals surface area contributed by atoms with Crippen LogP contribution in [0.15, 0.2) is 12.2 Å². The summed E-state index contributed by atoms with van der Waals surface area (Å²) in [4.78, 5) is 12.5. The van der Waals surface area contributed by atoms with Crippen molar-refractivity contribution in [3.05, 3.63) is 12.2 Å². The molecule has 4 atom stereocenters. The maximum atomic E-state index is 12.5. The Morgan fingerprint density at radius 3 is 1.03 bits per heavy atom. The zero-order valence-corrected chi connectivity index (χ0v) is 39.1. The Balaban J connectivity index is 3.59. The van der Waals surface area contributed by atoms with Gasteiger partial charge in [0.2, 0.25) is 5.91 Å². The molecule has 1 amide bonds. The second-order valence-corrected chi connectivity index (χ2v) is 18.2. The Morgan fingerprint density at radius 2 is 0.707 bits per heavy atom. The number of rotatable bonds is 48. The van der Waals surface area contributed by atoms with Crippen LogP contribution in [0.25, 0.3) is 0 Å². The molecule has 0 aliphatic heterocycles. The monoisotopic (exact) mass is 822 g/mol. The van der Waals surface area contributed by atoms with Crippen LogP contribution in [0.4, 0.5) is 0 Å². The molecule has 0 spiro atoms. The maximum absolute atomic E-state index is 12.5. The molecule has 0 aromatic heterocycles. The number of aliphatic hydroxyl groups is 4. The molecule has 5 N–H and O–H groups in total. The maximum Gasteiger partial charge on any atom is 0.249 e. The zero-order chi connectivity index (χ0) is 42.4. The first-order valence-electron chi connectivity index (χ1n) is 26.1. The highest BCUT2D eigenvalue weighted by Crippen LogP contribution is 2.17. The van der Waals surface area contributed by atoms with Crippen LogP contribution in [0.1, 0.15) is 284 Å². The smallest absolute Gasteiger partial charge is 0.249 e. The van der Waals surface area contributed by atoms with Gasteiger partial charge in [0, 0.05) is 0 Å². The van der Waals surface area contributed by atoms with Crippen molar-refractivity contribution in [1.82, 2.24) is 5.32 Å². The molecule has 0 radical (unpaired) electrons. The van der Waals surface area contributed by atoms with Gasteiger partial charge in [-0.1, -0.05) is 257 Å². The van der Waals surface area contributed by atoms with E-state index in [4.69, 9.17) is 0 Å². The van der Waals surface area contributed by atoms with Crippen molar-refractivity contribution in [2.75, 3.05) is 6.61 Å². The highest BCUT2D eigenvalue weighted by atomic mass is 16.3. The first-order chi connectivity index (χ1) is 28.5. The summed E-state index contributed by atoms with van der Waals surface area (Å²) in [5.41, 5.74) is 0. The van der Waals surface area contributed by atoms with Crippen LogP contribution in [0, 0.1) is 0 Å². The van der Waals surface area contributed by atoms with Crippen LogP contribution in [0.3, 0.4) is 0 Å². The third kappa shape index (κ3) is 40.5. The molecule has 58 heavy (non-hydrogen) atoms. The lowest BCUT2D eigenvalue weighted by Gasteiger charge is -2.27. The lowest BCUT2D eigenvalue weighted by Crippen LogP contribution is -2.53. The fourth-order valence-corrected chi connectivity index (χ4v) is 8.35. The van der Waals surface area contributed by atoms with Crippen molar-refractivity contribution in [2.24, 2.45) is 0 Å². The van der Waals surface area contributed by atoms with Crippen LogP contribution in [-0.2, 0) is 4.79 Å².